The molecule has 0 atom stereocenters. The van der Waals surface area contributed by atoms with Gasteiger partial charge in [-0.05, 0) is 30.3 Å². The van der Waals surface area contributed by atoms with Gasteiger partial charge in [0.2, 0.25) is 15.6 Å². The van der Waals surface area contributed by atoms with Gasteiger partial charge in [0.05, 0.1) is 16.7 Å². The number of rotatable bonds is 8. The van der Waals surface area contributed by atoms with Crippen molar-refractivity contribution >= 4 is 26.8 Å². The van der Waals surface area contributed by atoms with Gasteiger partial charge in [-0.2, -0.15) is 4.31 Å². The molecule has 0 saturated heterocycles. The van der Waals surface area contributed by atoms with Crippen LogP contribution in [0.25, 0.3) is 10.9 Å². The van der Waals surface area contributed by atoms with Crippen molar-refractivity contribution in [3.63, 3.8) is 0 Å². The van der Waals surface area contributed by atoms with E-state index in [4.69, 9.17) is 4.42 Å². The van der Waals surface area contributed by atoms with Gasteiger partial charge >= 0.3 is 0 Å². The number of benzene rings is 1. The van der Waals surface area contributed by atoms with E-state index in [2.05, 4.69) is 10.3 Å². The van der Waals surface area contributed by atoms with E-state index in [-0.39, 0.29) is 10.5 Å². The molecule has 1 amide bonds. The zero-order chi connectivity index (χ0) is 21.0. The van der Waals surface area contributed by atoms with Gasteiger partial charge in [-0.3, -0.25) is 9.59 Å². The number of nitrogens with one attached hydrogen (secondary N) is 2. The van der Waals surface area contributed by atoms with Gasteiger partial charge in [0.1, 0.15) is 5.76 Å². The Morgan fingerprint density at radius 3 is 2.59 bits per heavy atom. The predicted octanol–water partition coefficient (Wildman–Crippen LogP) is 2.12. The lowest BCUT2D eigenvalue weighted by Gasteiger charge is -2.19. The minimum absolute atomic E-state index is 0.0744. The van der Waals surface area contributed by atoms with Crippen LogP contribution in [0, 0.1) is 0 Å². The number of fused-ring (bicyclic) bond motifs is 1. The Morgan fingerprint density at radius 1 is 1.17 bits per heavy atom. The van der Waals surface area contributed by atoms with Gasteiger partial charge in [-0.25, -0.2) is 8.42 Å². The molecule has 2 N–H and O–H groups in total. The highest BCUT2D eigenvalue weighted by atomic mass is 32.2. The molecule has 3 aromatic rings. The van der Waals surface area contributed by atoms with Crippen LogP contribution in [0.2, 0.25) is 0 Å². The van der Waals surface area contributed by atoms with Gasteiger partial charge in [0.25, 0.3) is 5.91 Å². The van der Waals surface area contributed by atoms with E-state index in [1.807, 2.05) is 0 Å². The lowest BCUT2D eigenvalue weighted by atomic mass is 10.1. The third-order valence-electron chi connectivity index (χ3n) is 4.64. The molecule has 0 radical (unpaired) electrons. The highest BCUT2D eigenvalue weighted by molar-refractivity contribution is 7.89. The molecule has 0 aliphatic heterocycles. The average molecular weight is 417 g/mol. The molecule has 0 aliphatic rings. The quantitative estimate of drug-likeness (QED) is 0.583. The maximum atomic E-state index is 12.8. The molecule has 154 valence electrons. The molecule has 29 heavy (non-hydrogen) atoms. The van der Waals surface area contributed by atoms with Gasteiger partial charge < -0.3 is 14.7 Å². The van der Waals surface area contributed by atoms with Crippen molar-refractivity contribution in [2.24, 2.45) is 0 Å². The Hall–Kier alpha value is -2.91. The first kappa shape index (κ1) is 20.8. The zero-order valence-corrected chi connectivity index (χ0v) is 17.1. The second-order valence-electron chi connectivity index (χ2n) is 6.43. The number of sulfonamides is 1. The molecule has 0 aliphatic carbocycles. The summed E-state index contributed by atoms with van der Waals surface area (Å²) in [5, 5.41) is 3.12. The molecule has 0 bridgehead atoms. The first-order valence-electron chi connectivity index (χ1n) is 9.34. The third-order valence-corrected chi connectivity index (χ3v) is 6.69. The summed E-state index contributed by atoms with van der Waals surface area (Å²) >= 11 is 0. The van der Waals surface area contributed by atoms with E-state index in [1.54, 1.807) is 32.2 Å². The Morgan fingerprint density at radius 2 is 1.93 bits per heavy atom. The molecular weight excluding hydrogens is 394 g/mol. The van der Waals surface area contributed by atoms with E-state index >= 15 is 0 Å². The average Bonchev–Trinajstić information content (AvgIpc) is 3.21. The Balaban J connectivity index is 1.95. The van der Waals surface area contributed by atoms with Gasteiger partial charge in [-0.1, -0.05) is 13.8 Å². The molecule has 3 rings (SSSR count). The molecule has 0 spiro atoms. The lowest BCUT2D eigenvalue weighted by Crippen LogP contribution is -2.30. The molecule has 0 fully saturated rings. The summed E-state index contributed by atoms with van der Waals surface area (Å²) in [5.74, 6) is 0.277. The van der Waals surface area contributed by atoms with Crippen molar-refractivity contribution in [3.05, 3.63) is 64.3 Å². The standard InChI is InChI=1S/C20H23N3O5S/c1-3-23(4-2)29(26,27)15-7-8-18-16(12-15)17(13-19(24)22-18)20(25)21-10-9-14-6-5-11-28-14/h5-8,11-13H,3-4,9-10H2,1-2H3,(H,21,25)(H,22,24). The predicted molar refractivity (Wildman–Crippen MR) is 109 cm³/mol. The van der Waals surface area contributed by atoms with Crippen molar-refractivity contribution in [2.75, 3.05) is 19.6 Å². The van der Waals surface area contributed by atoms with Crippen LogP contribution in [0.3, 0.4) is 0 Å². The maximum absolute atomic E-state index is 12.8. The SMILES string of the molecule is CCN(CC)S(=O)(=O)c1ccc2[nH]c(=O)cc(C(=O)NCCc3ccco3)c2c1. The number of furan rings is 1. The molecule has 2 heterocycles. The van der Waals surface area contributed by atoms with E-state index in [0.29, 0.717) is 37.0 Å². The summed E-state index contributed by atoms with van der Waals surface area (Å²) in [6.45, 7) is 4.51. The third kappa shape index (κ3) is 4.41. The number of pyridine rings is 1. The lowest BCUT2D eigenvalue weighted by molar-refractivity contribution is 0.0955. The number of H-pyrrole nitrogens is 1. The number of hydrogen-bond donors (Lipinski definition) is 2. The summed E-state index contributed by atoms with van der Waals surface area (Å²) in [4.78, 5) is 27.4. The van der Waals surface area contributed by atoms with Crippen LogP contribution < -0.4 is 10.9 Å². The van der Waals surface area contributed by atoms with E-state index in [1.165, 1.54) is 28.6 Å². The van der Waals surface area contributed by atoms with Crippen molar-refractivity contribution in [1.82, 2.24) is 14.6 Å². The number of hydrogen-bond acceptors (Lipinski definition) is 5. The van der Waals surface area contributed by atoms with E-state index < -0.39 is 21.5 Å². The van der Waals surface area contributed by atoms with Crippen molar-refractivity contribution < 1.29 is 17.6 Å². The molecule has 8 nitrogen and oxygen atoms in total. The number of aromatic nitrogens is 1. The van der Waals surface area contributed by atoms with Crippen LogP contribution in [0.5, 0.6) is 0 Å². The molecule has 0 saturated carbocycles. The Labute approximate surface area is 168 Å². The van der Waals surface area contributed by atoms with Crippen LogP contribution in [-0.2, 0) is 16.4 Å². The molecular formula is C20H23N3O5S. The fourth-order valence-electron chi connectivity index (χ4n) is 3.14. The Kier molecular flexibility index (Phi) is 6.19. The van der Waals surface area contributed by atoms with Crippen molar-refractivity contribution in [2.45, 2.75) is 25.2 Å². The first-order valence-corrected chi connectivity index (χ1v) is 10.8. The molecule has 9 heteroatoms. The second-order valence-corrected chi connectivity index (χ2v) is 8.37. The normalized spacial score (nSPS) is 11.8. The molecule has 0 unspecified atom stereocenters. The zero-order valence-electron chi connectivity index (χ0n) is 16.3. The highest BCUT2D eigenvalue weighted by Crippen LogP contribution is 2.22. The second kappa shape index (κ2) is 8.62. The Bertz CT molecular complexity index is 1160. The smallest absolute Gasteiger partial charge is 0.252 e. The summed E-state index contributed by atoms with van der Waals surface area (Å²) in [6, 6.07) is 9.12. The van der Waals surface area contributed by atoms with Crippen LogP contribution >= 0.6 is 0 Å². The number of carbonyl (C=O) groups is 1. The summed E-state index contributed by atoms with van der Waals surface area (Å²) in [5.41, 5.74) is 0.0833. The minimum atomic E-state index is -3.69. The van der Waals surface area contributed by atoms with Gasteiger partial charge in [0.15, 0.2) is 0 Å². The maximum Gasteiger partial charge on any atom is 0.252 e. The van der Waals surface area contributed by atoms with Crippen molar-refractivity contribution in [1.29, 1.82) is 0 Å². The number of aromatic amines is 1. The highest BCUT2D eigenvalue weighted by Gasteiger charge is 2.23. The molecule has 2 aromatic heterocycles. The van der Waals surface area contributed by atoms with Crippen LogP contribution in [0.4, 0.5) is 0 Å². The minimum Gasteiger partial charge on any atom is -0.469 e. The summed E-state index contributed by atoms with van der Waals surface area (Å²) in [7, 11) is -3.69. The van der Waals surface area contributed by atoms with Crippen LogP contribution in [-0.4, -0.2) is 43.2 Å². The largest absolute Gasteiger partial charge is 0.469 e. The summed E-state index contributed by atoms with van der Waals surface area (Å²) < 4.78 is 32.2. The number of carbonyl (C=O) groups excluding carboxylic acids is 1. The van der Waals surface area contributed by atoms with Gasteiger partial charge in [-0.15, -0.1) is 0 Å². The fourth-order valence-corrected chi connectivity index (χ4v) is 4.63. The fraction of sp³-hybridized carbons (Fsp3) is 0.300. The van der Waals surface area contributed by atoms with E-state index in [0.717, 1.165) is 5.76 Å². The van der Waals surface area contributed by atoms with Crippen LogP contribution in [0.15, 0.2) is 56.8 Å². The van der Waals surface area contributed by atoms with Crippen molar-refractivity contribution in [3.8, 4) is 0 Å². The molecule has 1 aromatic carbocycles. The van der Waals surface area contributed by atoms with Gasteiger partial charge in [0, 0.05) is 43.0 Å². The number of amides is 1. The first-order chi connectivity index (χ1) is 13.9. The van der Waals surface area contributed by atoms with Crippen LogP contribution in [0.1, 0.15) is 30.0 Å². The monoisotopic (exact) mass is 417 g/mol. The summed E-state index contributed by atoms with van der Waals surface area (Å²) in [6.07, 6.45) is 2.06. The number of nitrogens with zero attached hydrogens (tertiary/aromatic N) is 1. The van der Waals surface area contributed by atoms with E-state index in [9.17, 15) is 18.0 Å². The topological polar surface area (TPSA) is 112 Å².